The van der Waals surface area contributed by atoms with E-state index in [1.807, 2.05) is 37.3 Å². The first-order chi connectivity index (χ1) is 13.2. The maximum atomic E-state index is 12.8. The summed E-state index contributed by atoms with van der Waals surface area (Å²) in [6.07, 6.45) is 1.59. The maximum absolute atomic E-state index is 12.8. The number of benzene rings is 2. The van der Waals surface area contributed by atoms with Gasteiger partial charge in [0.05, 0.1) is 13.7 Å². The van der Waals surface area contributed by atoms with Gasteiger partial charge in [-0.15, -0.1) is 0 Å². The number of amides is 1. The van der Waals surface area contributed by atoms with Crippen molar-refractivity contribution in [2.75, 3.05) is 20.7 Å². The number of ether oxygens (including phenoxy) is 1. The van der Waals surface area contributed by atoms with Gasteiger partial charge in [0.25, 0.3) is 0 Å². The summed E-state index contributed by atoms with van der Waals surface area (Å²) in [6, 6.07) is 14.2. The lowest BCUT2D eigenvalue weighted by atomic mass is 10.1. The number of carbonyl (C=O) groups is 1. The SMILES string of the molecule is COc1ccc(Cl)cc1S(=O)(=O)N(C)CC(=O)N[C@H](C)CCc1ccccc1. The Hall–Kier alpha value is -2.09. The van der Waals surface area contributed by atoms with Crippen molar-refractivity contribution in [2.24, 2.45) is 0 Å². The first-order valence-electron chi connectivity index (χ1n) is 8.87. The highest BCUT2D eigenvalue weighted by Crippen LogP contribution is 2.29. The van der Waals surface area contributed by atoms with Crippen molar-refractivity contribution in [2.45, 2.75) is 30.7 Å². The van der Waals surface area contributed by atoms with Gasteiger partial charge in [-0.25, -0.2) is 8.42 Å². The Morgan fingerprint density at radius 1 is 1.21 bits per heavy atom. The quantitative estimate of drug-likeness (QED) is 0.671. The van der Waals surface area contributed by atoms with Crippen LogP contribution in [0.25, 0.3) is 0 Å². The molecule has 152 valence electrons. The Labute approximate surface area is 171 Å². The molecule has 1 amide bonds. The van der Waals surface area contributed by atoms with Crippen molar-refractivity contribution in [3.05, 3.63) is 59.1 Å². The summed E-state index contributed by atoms with van der Waals surface area (Å²) in [7, 11) is -1.20. The van der Waals surface area contributed by atoms with Crippen LogP contribution in [-0.2, 0) is 21.2 Å². The molecular formula is C20H25ClN2O4S. The fourth-order valence-corrected chi connectivity index (χ4v) is 4.27. The average molecular weight is 425 g/mol. The summed E-state index contributed by atoms with van der Waals surface area (Å²) in [5.74, 6) is -0.194. The average Bonchev–Trinajstić information content (AvgIpc) is 2.67. The molecule has 28 heavy (non-hydrogen) atoms. The van der Waals surface area contributed by atoms with Crippen LogP contribution in [0.15, 0.2) is 53.4 Å². The molecule has 1 atom stereocenters. The summed E-state index contributed by atoms with van der Waals surface area (Å²) >= 11 is 5.93. The van der Waals surface area contributed by atoms with Crippen molar-refractivity contribution < 1.29 is 17.9 Å². The summed E-state index contributed by atoms with van der Waals surface area (Å²) in [4.78, 5) is 12.2. The van der Waals surface area contributed by atoms with Gasteiger partial charge in [0.2, 0.25) is 15.9 Å². The highest BCUT2D eigenvalue weighted by atomic mass is 35.5. The molecule has 0 bridgehead atoms. The van der Waals surface area contributed by atoms with Gasteiger partial charge in [0, 0.05) is 18.1 Å². The predicted molar refractivity (Wildman–Crippen MR) is 110 cm³/mol. The second-order valence-electron chi connectivity index (χ2n) is 6.55. The lowest BCUT2D eigenvalue weighted by Crippen LogP contribution is -2.41. The fourth-order valence-electron chi connectivity index (χ4n) is 2.73. The molecule has 6 nitrogen and oxygen atoms in total. The molecule has 2 rings (SSSR count). The molecule has 1 N–H and O–H groups in total. The Morgan fingerprint density at radius 2 is 1.89 bits per heavy atom. The summed E-state index contributed by atoms with van der Waals surface area (Å²) in [5.41, 5.74) is 1.19. The summed E-state index contributed by atoms with van der Waals surface area (Å²) in [5, 5.41) is 3.11. The number of aryl methyl sites for hydroxylation is 1. The van der Waals surface area contributed by atoms with Crippen molar-refractivity contribution in [1.29, 1.82) is 0 Å². The van der Waals surface area contributed by atoms with E-state index in [1.54, 1.807) is 6.07 Å². The monoisotopic (exact) mass is 424 g/mol. The molecule has 0 spiro atoms. The molecule has 0 saturated heterocycles. The molecule has 0 radical (unpaired) electrons. The van der Waals surface area contributed by atoms with Crippen molar-refractivity contribution in [3.8, 4) is 5.75 Å². The van der Waals surface area contributed by atoms with Crippen LogP contribution >= 0.6 is 11.6 Å². The highest BCUT2D eigenvalue weighted by Gasteiger charge is 2.27. The molecule has 8 heteroatoms. The van der Waals surface area contributed by atoms with Crippen LogP contribution in [0, 0.1) is 0 Å². The van der Waals surface area contributed by atoms with Gasteiger partial charge in [-0.05, 0) is 43.5 Å². The predicted octanol–water partition coefficient (Wildman–Crippen LogP) is 3.11. The van der Waals surface area contributed by atoms with Crippen molar-refractivity contribution in [1.82, 2.24) is 9.62 Å². The number of carbonyl (C=O) groups excluding carboxylic acids is 1. The Kier molecular flexibility index (Phi) is 7.86. The second kappa shape index (κ2) is 9.91. The minimum Gasteiger partial charge on any atom is -0.495 e. The normalized spacial score (nSPS) is 12.6. The van der Waals surface area contributed by atoms with Gasteiger partial charge in [0.1, 0.15) is 10.6 Å². The van der Waals surface area contributed by atoms with Crippen LogP contribution in [0.2, 0.25) is 5.02 Å². The van der Waals surface area contributed by atoms with E-state index in [4.69, 9.17) is 16.3 Å². The third-order valence-corrected chi connectivity index (χ3v) is 6.36. The van der Waals surface area contributed by atoms with E-state index < -0.39 is 10.0 Å². The topological polar surface area (TPSA) is 75.7 Å². The van der Waals surface area contributed by atoms with E-state index in [-0.39, 0.29) is 34.2 Å². The Bertz CT molecular complexity index is 904. The molecule has 0 fully saturated rings. The van der Waals surface area contributed by atoms with E-state index in [9.17, 15) is 13.2 Å². The number of likely N-dealkylation sites (N-methyl/N-ethyl adjacent to an activating group) is 1. The molecule has 0 aliphatic rings. The van der Waals surface area contributed by atoms with Gasteiger partial charge in [-0.2, -0.15) is 4.31 Å². The molecule has 2 aromatic rings. The Morgan fingerprint density at radius 3 is 2.54 bits per heavy atom. The molecular weight excluding hydrogens is 400 g/mol. The van der Waals surface area contributed by atoms with Gasteiger partial charge >= 0.3 is 0 Å². The third-order valence-electron chi connectivity index (χ3n) is 4.30. The van der Waals surface area contributed by atoms with Crippen molar-refractivity contribution in [3.63, 3.8) is 0 Å². The second-order valence-corrected chi connectivity index (χ2v) is 9.00. The van der Waals surface area contributed by atoms with Crippen LogP contribution in [0.3, 0.4) is 0 Å². The first kappa shape index (κ1) is 22.2. The number of methoxy groups -OCH3 is 1. The van der Waals surface area contributed by atoms with Gasteiger partial charge < -0.3 is 10.1 Å². The molecule has 0 aliphatic heterocycles. The minimum atomic E-state index is -3.93. The van der Waals surface area contributed by atoms with Crippen LogP contribution in [0.1, 0.15) is 18.9 Å². The lowest BCUT2D eigenvalue weighted by molar-refractivity contribution is -0.121. The largest absolute Gasteiger partial charge is 0.495 e. The standard InChI is InChI=1S/C20H25ClN2O4S/c1-15(9-10-16-7-5-4-6-8-16)22-20(24)14-23(2)28(25,26)19-13-17(21)11-12-18(19)27-3/h4-8,11-13,15H,9-10,14H2,1-3H3,(H,22,24)/t15-/m1/s1. The van der Waals surface area contributed by atoms with Crippen molar-refractivity contribution >= 4 is 27.5 Å². The van der Waals surface area contributed by atoms with Crippen LogP contribution in [0.4, 0.5) is 0 Å². The third kappa shape index (κ3) is 5.95. The number of halogens is 1. The molecule has 0 aliphatic carbocycles. The van der Waals surface area contributed by atoms with Crippen LogP contribution in [0.5, 0.6) is 5.75 Å². The number of rotatable bonds is 9. The lowest BCUT2D eigenvalue weighted by Gasteiger charge is -2.20. The summed E-state index contributed by atoms with van der Waals surface area (Å²) < 4.78 is 31.7. The number of hydrogen-bond acceptors (Lipinski definition) is 4. The number of sulfonamides is 1. The van der Waals surface area contributed by atoms with Crippen LogP contribution in [-0.4, -0.2) is 45.4 Å². The molecule has 2 aromatic carbocycles. The van der Waals surface area contributed by atoms with E-state index in [2.05, 4.69) is 5.32 Å². The first-order valence-corrected chi connectivity index (χ1v) is 10.7. The molecule has 0 heterocycles. The van der Waals surface area contributed by atoms with E-state index >= 15 is 0 Å². The Balaban J connectivity index is 1.96. The smallest absolute Gasteiger partial charge is 0.247 e. The number of hydrogen-bond donors (Lipinski definition) is 1. The molecule has 0 saturated carbocycles. The van der Waals surface area contributed by atoms with Gasteiger partial charge in [-0.1, -0.05) is 41.9 Å². The van der Waals surface area contributed by atoms with E-state index in [1.165, 1.54) is 31.9 Å². The van der Waals surface area contributed by atoms with E-state index in [0.29, 0.717) is 0 Å². The number of nitrogens with one attached hydrogen (secondary N) is 1. The zero-order valence-electron chi connectivity index (χ0n) is 16.2. The van der Waals surface area contributed by atoms with Gasteiger partial charge in [-0.3, -0.25) is 4.79 Å². The fraction of sp³-hybridized carbons (Fsp3) is 0.350. The highest BCUT2D eigenvalue weighted by molar-refractivity contribution is 7.89. The minimum absolute atomic E-state index is 0.0741. The zero-order chi connectivity index (χ0) is 20.7. The van der Waals surface area contributed by atoms with Crippen LogP contribution < -0.4 is 10.1 Å². The maximum Gasteiger partial charge on any atom is 0.247 e. The number of nitrogens with zero attached hydrogens (tertiary/aromatic N) is 1. The molecule has 0 unspecified atom stereocenters. The summed E-state index contributed by atoms with van der Waals surface area (Å²) in [6.45, 7) is 1.60. The van der Waals surface area contributed by atoms with E-state index in [0.717, 1.165) is 17.1 Å². The van der Waals surface area contributed by atoms with Gasteiger partial charge in [0.15, 0.2) is 0 Å². The zero-order valence-corrected chi connectivity index (χ0v) is 17.8. The molecule has 0 aromatic heterocycles.